The van der Waals surface area contributed by atoms with E-state index in [9.17, 15) is 0 Å². The van der Waals surface area contributed by atoms with Gasteiger partial charge in [-0.2, -0.15) is 10.2 Å². The van der Waals surface area contributed by atoms with Crippen molar-refractivity contribution in [2.24, 2.45) is 5.10 Å². The van der Waals surface area contributed by atoms with E-state index in [1.165, 1.54) is 0 Å². The van der Waals surface area contributed by atoms with Gasteiger partial charge >= 0.3 is 0 Å². The van der Waals surface area contributed by atoms with Crippen LogP contribution in [0.2, 0.25) is 0 Å². The van der Waals surface area contributed by atoms with Gasteiger partial charge in [-0.05, 0) is 47.9 Å². The Morgan fingerprint density at radius 1 is 1.00 bits per heavy atom. The first kappa shape index (κ1) is 18.1. The molecule has 5 nitrogen and oxygen atoms in total. The van der Waals surface area contributed by atoms with E-state index < -0.39 is 0 Å². The number of nitrogens with zero attached hydrogens (tertiary/aromatic N) is 3. The highest BCUT2D eigenvalue weighted by atomic mass is 32.1. The van der Waals surface area contributed by atoms with Crippen LogP contribution in [0.3, 0.4) is 0 Å². The van der Waals surface area contributed by atoms with Gasteiger partial charge in [0.1, 0.15) is 5.69 Å². The summed E-state index contributed by atoms with van der Waals surface area (Å²) < 4.78 is 1.86. The lowest BCUT2D eigenvalue weighted by Crippen LogP contribution is -2.23. The largest absolute Gasteiger partial charge is 0.331 e. The number of thiocarbonyl (C=S) groups is 1. The summed E-state index contributed by atoms with van der Waals surface area (Å²) in [7, 11) is 0. The predicted molar refractivity (Wildman–Crippen MR) is 120 cm³/mol. The predicted octanol–water partition coefficient (Wildman–Crippen LogP) is 4.92. The molecule has 2 aromatic carbocycles. The maximum atomic E-state index is 5.29. The Bertz CT molecular complexity index is 1070. The topological polar surface area (TPSA) is 54.2 Å². The fourth-order valence-electron chi connectivity index (χ4n) is 2.64. The van der Waals surface area contributed by atoms with Gasteiger partial charge in [-0.3, -0.25) is 5.43 Å². The minimum Gasteiger partial charge on any atom is -0.331 e. The zero-order chi connectivity index (χ0) is 19.2. The Balaban J connectivity index is 1.54. The third-order valence-corrected chi connectivity index (χ3v) is 4.99. The van der Waals surface area contributed by atoms with Crippen LogP contribution in [-0.4, -0.2) is 21.1 Å². The Hall–Kier alpha value is -3.29. The van der Waals surface area contributed by atoms with Crippen LogP contribution in [0.25, 0.3) is 16.3 Å². The summed E-state index contributed by atoms with van der Waals surface area (Å²) in [5.41, 5.74) is 6.55. The second-order valence-corrected chi connectivity index (χ2v) is 7.24. The first-order valence-corrected chi connectivity index (χ1v) is 9.92. The molecule has 4 rings (SSSR count). The van der Waals surface area contributed by atoms with Crippen molar-refractivity contribution in [3.05, 3.63) is 89.9 Å². The normalized spacial score (nSPS) is 10.9. The molecule has 0 fully saturated rings. The van der Waals surface area contributed by atoms with Crippen molar-refractivity contribution in [2.75, 3.05) is 5.32 Å². The summed E-state index contributed by atoms with van der Waals surface area (Å²) in [6.07, 6.45) is 3.70. The maximum Gasteiger partial charge on any atom is 0.191 e. The summed E-state index contributed by atoms with van der Waals surface area (Å²) in [5.74, 6) is 0. The fraction of sp³-hybridized carbons (Fsp3) is 0. The van der Waals surface area contributed by atoms with Gasteiger partial charge in [-0.1, -0.05) is 42.5 Å². The molecule has 2 N–H and O–H groups in total. The van der Waals surface area contributed by atoms with Crippen LogP contribution in [0.5, 0.6) is 0 Å². The highest BCUT2D eigenvalue weighted by Crippen LogP contribution is 2.26. The monoisotopic (exact) mass is 403 g/mol. The highest BCUT2D eigenvalue weighted by Gasteiger charge is 2.11. The number of benzene rings is 2. The third kappa shape index (κ3) is 4.33. The van der Waals surface area contributed by atoms with Crippen molar-refractivity contribution in [2.45, 2.75) is 0 Å². The molecule has 0 saturated heterocycles. The molecule has 0 radical (unpaired) electrons. The van der Waals surface area contributed by atoms with Crippen LogP contribution < -0.4 is 10.7 Å². The van der Waals surface area contributed by atoms with Crippen molar-refractivity contribution in [1.29, 1.82) is 0 Å². The van der Waals surface area contributed by atoms with Gasteiger partial charge in [0, 0.05) is 17.4 Å². The molecule has 28 heavy (non-hydrogen) atoms. The van der Waals surface area contributed by atoms with Crippen LogP contribution in [0.15, 0.2) is 89.5 Å². The van der Waals surface area contributed by atoms with Crippen LogP contribution in [0.1, 0.15) is 5.56 Å². The molecule has 0 atom stereocenters. The molecule has 0 amide bonds. The van der Waals surface area contributed by atoms with E-state index in [4.69, 9.17) is 17.3 Å². The van der Waals surface area contributed by atoms with Crippen LogP contribution in [-0.2, 0) is 0 Å². The molecule has 0 saturated carbocycles. The molecule has 2 heterocycles. The van der Waals surface area contributed by atoms with E-state index in [0.717, 1.165) is 27.5 Å². The second-order valence-electron chi connectivity index (χ2n) is 5.88. The molecular weight excluding hydrogens is 386 g/mol. The molecule has 4 aromatic rings. The summed E-state index contributed by atoms with van der Waals surface area (Å²) in [4.78, 5) is 1.08. The Morgan fingerprint density at radius 2 is 1.75 bits per heavy atom. The second kappa shape index (κ2) is 8.60. The Labute approximate surface area is 172 Å². The van der Waals surface area contributed by atoms with E-state index in [-0.39, 0.29) is 0 Å². The smallest absolute Gasteiger partial charge is 0.191 e. The molecule has 0 bridgehead atoms. The fourth-order valence-corrected chi connectivity index (χ4v) is 3.54. The number of nitrogens with one attached hydrogen (secondary N) is 2. The van der Waals surface area contributed by atoms with Crippen molar-refractivity contribution < 1.29 is 0 Å². The van der Waals surface area contributed by atoms with Gasteiger partial charge < -0.3 is 5.32 Å². The number of thiophene rings is 1. The summed E-state index contributed by atoms with van der Waals surface area (Å²) in [5, 5.41) is 14.6. The zero-order valence-electron chi connectivity index (χ0n) is 14.8. The molecule has 7 heteroatoms. The van der Waals surface area contributed by atoms with Crippen LogP contribution in [0.4, 0.5) is 5.69 Å². The summed E-state index contributed by atoms with van der Waals surface area (Å²) in [6.45, 7) is 0. The molecule has 2 aromatic heterocycles. The van der Waals surface area contributed by atoms with Crippen molar-refractivity contribution >= 4 is 40.6 Å². The first-order valence-electron chi connectivity index (χ1n) is 8.64. The molecule has 0 aliphatic rings. The molecule has 0 unspecified atom stereocenters. The molecule has 138 valence electrons. The lowest BCUT2D eigenvalue weighted by Gasteiger charge is -2.05. The number of para-hydroxylation sites is 2. The third-order valence-electron chi connectivity index (χ3n) is 3.92. The van der Waals surface area contributed by atoms with Gasteiger partial charge in [0.2, 0.25) is 0 Å². The number of hydrogen-bond donors (Lipinski definition) is 2. The number of rotatable bonds is 5. The van der Waals surface area contributed by atoms with Crippen molar-refractivity contribution in [3.63, 3.8) is 0 Å². The van der Waals surface area contributed by atoms with E-state index in [2.05, 4.69) is 21.9 Å². The molecule has 0 aliphatic carbocycles. The Morgan fingerprint density at radius 3 is 2.46 bits per heavy atom. The zero-order valence-corrected chi connectivity index (χ0v) is 16.5. The lowest BCUT2D eigenvalue weighted by molar-refractivity contribution is 0.885. The van der Waals surface area contributed by atoms with Gasteiger partial charge in [-0.15, -0.1) is 11.3 Å². The molecule has 0 spiro atoms. The average Bonchev–Trinajstić information content (AvgIpc) is 3.39. The van der Waals surface area contributed by atoms with Crippen molar-refractivity contribution in [1.82, 2.24) is 15.2 Å². The molecular formula is C21H17N5S2. The first-order chi connectivity index (χ1) is 13.8. The quantitative estimate of drug-likeness (QED) is 0.282. The van der Waals surface area contributed by atoms with Crippen molar-refractivity contribution in [3.8, 4) is 16.3 Å². The minimum absolute atomic E-state index is 0.426. The lowest BCUT2D eigenvalue weighted by atomic mass is 10.2. The van der Waals surface area contributed by atoms with E-state index >= 15 is 0 Å². The minimum atomic E-state index is 0.426. The Kier molecular flexibility index (Phi) is 5.56. The summed E-state index contributed by atoms with van der Waals surface area (Å²) in [6, 6.07) is 23.8. The maximum absolute atomic E-state index is 5.29. The number of hydrogen-bond acceptors (Lipinski definition) is 4. The standard InChI is InChI=1S/C21H17N5S2/c27-21(23-17-8-3-1-4-9-17)24-22-14-16-15-26(18-10-5-2-6-11-18)25-20(16)19-12-7-13-28-19/h1-15H,(H2,23,24,27)/b22-14+. The van der Waals surface area contributed by atoms with E-state index in [1.807, 2.05) is 83.0 Å². The van der Waals surface area contributed by atoms with Gasteiger partial charge in [0.15, 0.2) is 5.11 Å². The highest BCUT2D eigenvalue weighted by molar-refractivity contribution is 7.80. The number of anilines is 1. The average molecular weight is 404 g/mol. The molecule has 0 aliphatic heterocycles. The number of hydrazone groups is 1. The van der Waals surface area contributed by atoms with Gasteiger partial charge in [-0.25, -0.2) is 4.68 Å². The van der Waals surface area contributed by atoms with E-state index in [0.29, 0.717) is 5.11 Å². The SMILES string of the molecule is S=C(N/N=C/c1cn(-c2ccccc2)nc1-c1cccs1)Nc1ccccc1. The van der Waals surface area contributed by atoms with E-state index in [1.54, 1.807) is 17.6 Å². The van der Waals surface area contributed by atoms with Crippen LogP contribution in [0, 0.1) is 0 Å². The number of aromatic nitrogens is 2. The van der Waals surface area contributed by atoms with Gasteiger partial charge in [0.25, 0.3) is 0 Å². The van der Waals surface area contributed by atoms with Crippen LogP contribution >= 0.6 is 23.6 Å². The van der Waals surface area contributed by atoms with Gasteiger partial charge in [0.05, 0.1) is 16.8 Å². The summed E-state index contributed by atoms with van der Waals surface area (Å²) >= 11 is 6.94.